The minimum Gasteiger partial charge on any atom is -0.367 e. The van der Waals surface area contributed by atoms with E-state index in [1.807, 2.05) is 19.1 Å². The summed E-state index contributed by atoms with van der Waals surface area (Å²) in [5, 5.41) is 0. The van der Waals surface area contributed by atoms with Crippen LogP contribution in [0.5, 0.6) is 0 Å². The predicted molar refractivity (Wildman–Crippen MR) is 91.4 cm³/mol. The average Bonchev–Trinajstić information content (AvgIpc) is 3.05. The zero-order valence-electron chi connectivity index (χ0n) is 14.1. The van der Waals surface area contributed by atoms with Crippen molar-refractivity contribution in [3.8, 4) is 0 Å². The fourth-order valence-electron chi connectivity index (χ4n) is 3.12. The van der Waals surface area contributed by atoms with Crippen LogP contribution in [0.1, 0.15) is 11.5 Å². The van der Waals surface area contributed by atoms with Gasteiger partial charge in [-0.05, 0) is 25.1 Å². The van der Waals surface area contributed by atoms with Crippen molar-refractivity contribution in [1.29, 1.82) is 0 Å². The molecule has 0 bridgehead atoms. The molecular formula is C17H17F3N6. The third-order valence-corrected chi connectivity index (χ3v) is 4.46. The van der Waals surface area contributed by atoms with Crippen LogP contribution in [-0.2, 0) is 6.18 Å². The highest BCUT2D eigenvalue weighted by Gasteiger charge is 2.34. The van der Waals surface area contributed by atoms with Crippen molar-refractivity contribution in [3.05, 3.63) is 48.3 Å². The van der Waals surface area contributed by atoms with Crippen molar-refractivity contribution in [3.63, 3.8) is 0 Å². The second-order valence-electron chi connectivity index (χ2n) is 6.21. The van der Waals surface area contributed by atoms with Crippen molar-refractivity contribution in [2.45, 2.75) is 13.1 Å². The van der Waals surface area contributed by atoms with Gasteiger partial charge in [0, 0.05) is 44.8 Å². The van der Waals surface area contributed by atoms with Crippen LogP contribution >= 0.6 is 0 Å². The van der Waals surface area contributed by atoms with E-state index in [9.17, 15) is 13.2 Å². The number of imidazole rings is 1. The quantitative estimate of drug-likeness (QED) is 0.702. The number of alkyl halides is 3. The number of halogens is 3. The van der Waals surface area contributed by atoms with Crippen molar-refractivity contribution in [2.24, 2.45) is 0 Å². The Hall–Kier alpha value is -2.84. The first-order valence-corrected chi connectivity index (χ1v) is 8.26. The molecule has 26 heavy (non-hydrogen) atoms. The molecular weight excluding hydrogens is 345 g/mol. The van der Waals surface area contributed by atoms with E-state index >= 15 is 0 Å². The van der Waals surface area contributed by atoms with Gasteiger partial charge in [-0.2, -0.15) is 13.2 Å². The summed E-state index contributed by atoms with van der Waals surface area (Å²) in [6.45, 7) is 4.94. The van der Waals surface area contributed by atoms with Crippen LogP contribution in [0, 0.1) is 6.92 Å². The van der Waals surface area contributed by atoms with E-state index in [-0.39, 0.29) is 5.65 Å². The summed E-state index contributed by atoms with van der Waals surface area (Å²) in [6, 6.07) is 5.32. The lowest BCUT2D eigenvalue weighted by Crippen LogP contribution is -2.47. The Labute approximate surface area is 147 Å². The largest absolute Gasteiger partial charge is 0.434 e. The highest BCUT2D eigenvalue weighted by Crippen LogP contribution is 2.29. The van der Waals surface area contributed by atoms with Gasteiger partial charge < -0.3 is 14.2 Å². The summed E-state index contributed by atoms with van der Waals surface area (Å²) >= 11 is 0. The number of aryl methyl sites for hydroxylation is 1. The van der Waals surface area contributed by atoms with Gasteiger partial charge in [-0.3, -0.25) is 0 Å². The van der Waals surface area contributed by atoms with Crippen LogP contribution < -0.4 is 9.80 Å². The van der Waals surface area contributed by atoms with E-state index in [1.54, 1.807) is 18.5 Å². The number of hydrogen-bond acceptors (Lipinski definition) is 5. The van der Waals surface area contributed by atoms with Gasteiger partial charge in [-0.25, -0.2) is 15.0 Å². The summed E-state index contributed by atoms with van der Waals surface area (Å²) < 4.78 is 39.9. The SMILES string of the molecule is Cc1nccc(N2CCN(c3ccc4nc(C(F)(F)F)cn4c3)CC2)n1. The van der Waals surface area contributed by atoms with Crippen molar-refractivity contribution in [2.75, 3.05) is 36.0 Å². The maximum atomic E-state index is 12.8. The standard InChI is InChI=1S/C17H17F3N6/c1-12-21-5-4-16(22-12)25-8-6-24(7-9-25)13-2-3-15-23-14(17(18,19)20)11-26(15)10-13/h2-5,10-11H,6-9H2,1H3. The van der Waals surface area contributed by atoms with Gasteiger partial charge in [-0.15, -0.1) is 0 Å². The Balaban J connectivity index is 1.50. The normalized spacial score (nSPS) is 15.7. The first kappa shape index (κ1) is 16.6. The van der Waals surface area contributed by atoms with Crippen LogP contribution in [0.2, 0.25) is 0 Å². The number of piperazine rings is 1. The van der Waals surface area contributed by atoms with Crippen LogP contribution in [0.15, 0.2) is 36.8 Å². The molecule has 0 N–H and O–H groups in total. The molecule has 1 fully saturated rings. The third-order valence-electron chi connectivity index (χ3n) is 4.46. The number of hydrogen-bond donors (Lipinski definition) is 0. The smallest absolute Gasteiger partial charge is 0.367 e. The zero-order chi connectivity index (χ0) is 18.3. The number of pyridine rings is 1. The maximum Gasteiger partial charge on any atom is 0.434 e. The van der Waals surface area contributed by atoms with Gasteiger partial charge in [0.2, 0.25) is 0 Å². The molecule has 0 amide bonds. The summed E-state index contributed by atoms with van der Waals surface area (Å²) in [4.78, 5) is 16.5. The zero-order valence-corrected chi connectivity index (χ0v) is 14.1. The van der Waals surface area contributed by atoms with Gasteiger partial charge in [0.15, 0.2) is 5.69 Å². The lowest BCUT2D eigenvalue weighted by molar-refractivity contribution is -0.140. The molecule has 4 rings (SSSR count). The number of fused-ring (bicyclic) bond motifs is 1. The Kier molecular flexibility index (Phi) is 3.93. The van der Waals surface area contributed by atoms with Gasteiger partial charge in [-0.1, -0.05) is 0 Å². The summed E-state index contributed by atoms with van der Waals surface area (Å²) in [7, 11) is 0. The minimum absolute atomic E-state index is 0.288. The molecule has 0 unspecified atom stereocenters. The number of anilines is 2. The molecule has 3 aromatic heterocycles. The Morgan fingerprint density at radius 1 is 0.923 bits per heavy atom. The molecule has 0 spiro atoms. The van der Waals surface area contributed by atoms with E-state index < -0.39 is 11.9 Å². The van der Waals surface area contributed by atoms with Crippen molar-refractivity contribution >= 4 is 17.2 Å². The van der Waals surface area contributed by atoms with Gasteiger partial charge >= 0.3 is 6.18 Å². The van der Waals surface area contributed by atoms with Crippen LogP contribution in [0.3, 0.4) is 0 Å². The average molecular weight is 362 g/mol. The Morgan fingerprint density at radius 3 is 2.35 bits per heavy atom. The second kappa shape index (κ2) is 6.15. The lowest BCUT2D eigenvalue weighted by Gasteiger charge is -2.36. The molecule has 3 aromatic rings. The highest BCUT2D eigenvalue weighted by molar-refractivity contribution is 5.54. The monoisotopic (exact) mass is 362 g/mol. The van der Waals surface area contributed by atoms with E-state index in [4.69, 9.17) is 0 Å². The van der Waals surface area contributed by atoms with Gasteiger partial charge in [0.25, 0.3) is 0 Å². The molecule has 6 nitrogen and oxygen atoms in total. The summed E-state index contributed by atoms with van der Waals surface area (Å²) in [6.07, 6.45) is 0.0313. The maximum absolute atomic E-state index is 12.8. The topological polar surface area (TPSA) is 49.6 Å². The van der Waals surface area contributed by atoms with Crippen LogP contribution in [0.25, 0.3) is 5.65 Å². The number of aromatic nitrogens is 4. The molecule has 136 valence electrons. The van der Waals surface area contributed by atoms with Crippen LogP contribution in [-0.4, -0.2) is 45.5 Å². The van der Waals surface area contributed by atoms with E-state index in [1.165, 1.54) is 4.40 Å². The fourth-order valence-corrected chi connectivity index (χ4v) is 3.12. The predicted octanol–water partition coefficient (Wildman–Crippen LogP) is 2.78. The molecule has 1 saturated heterocycles. The molecule has 0 radical (unpaired) electrons. The summed E-state index contributed by atoms with van der Waals surface area (Å²) in [5.41, 5.74) is 0.289. The molecule has 0 saturated carbocycles. The molecule has 4 heterocycles. The van der Waals surface area contributed by atoms with Crippen LogP contribution in [0.4, 0.5) is 24.7 Å². The molecule has 0 aromatic carbocycles. The van der Waals surface area contributed by atoms with E-state index in [0.717, 1.165) is 49.7 Å². The Bertz CT molecular complexity index is 928. The lowest BCUT2D eigenvalue weighted by atomic mass is 10.2. The molecule has 1 aliphatic heterocycles. The molecule has 9 heteroatoms. The second-order valence-corrected chi connectivity index (χ2v) is 6.21. The molecule has 0 atom stereocenters. The van der Waals surface area contributed by atoms with E-state index in [2.05, 4.69) is 24.8 Å². The van der Waals surface area contributed by atoms with Crippen molar-refractivity contribution < 1.29 is 13.2 Å². The number of nitrogens with zero attached hydrogens (tertiary/aromatic N) is 6. The molecule has 0 aliphatic carbocycles. The highest BCUT2D eigenvalue weighted by atomic mass is 19.4. The first-order chi connectivity index (χ1) is 12.4. The van der Waals surface area contributed by atoms with Crippen molar-refractivity contribution in [1.82, 2.24) is 19.4 Å². The molecule has 1 aliphatic rings. The van der Waals surface area contributed by atoms with E-state index in [0.29, 0.717) is 0 Å². The summed E-state index contributed by atoms with van der Waals surface area (Å²) in [5.74, 6) is 1.63. The number of rotatable bonds is 2. The van der Waals surface area contributed by atoms with Gasteiger partial charge in [0.05, 0.1) is 5.69 Å². The minimum atomic E-state index is -4.44. The fraction of sp³-hybridized carbons (Fsp3) is 0.353. The third kappa shape index (κ3) is 3.16. The first-order valence-electron chi connectivity index (χ1n) is 8.26. The van der Waals surface area contributed by atoms with Gasteiger partial charge in [0.1, 0.15) is 17.3 Å². The Morgan fingerprint density at radius 2 is 1.65 bits per heavy atom.